The molecule has 0 saturated heterocycles. The Balaban J connectivity index is 1.63. The second kappa shape index (κ2) is 9.18. The van der Waals surface area contributed by atoms with Crippen molar-refractivity contribution in [2.45, 2.75) is 40.2 Å². The third kappa shape index (κ3) is 4.19. The Bertz CT molecular complexity index is 1310. The Morgan fingerprint density at radius 3 is 2.47 bits per heavy atom. The predicted molar refractivity (Wildman–Crippen MR) is 124 cm³/mol. The molecule has 2 aromatic heterocycles. The number of rotatable bonds is 7. The topological polar surface area (TPSA) is 74.8 Å². The molecule has 0 aliphatic carbocycles. The molecule has 2 heterocycles. The van der Waals surface area contributed by atoms with Gasteiger partial charge in [-0.1, -0.05) is 32.0 Å². The van der Waals surface area contributed by atoms with E-state index in [1.165, 1.54) is 9.36 Å². The molecule has 0 unspecified atom stereocenters. The van der Waals surface area contributed by atoms with E-state index in [9.17, 15) is 4.79 Å². The molecule has 164 valence electrons. The van der Waals surface area contributed by atoms with Crippen LogP contribution >= 0.6 is 0 Å². The average Bonchev–Trinajstić information content (AvgIpc) is 3.16. The maximum atomic E-state index is 12.4. The lowest BCUT2D eigenvalue weighted by atomic mass is 10.0. The monoisotopic (exact) mass is 429 g/mol. The highest BCUT2D eigenvalue weighted by atomic mass is 16.5. The summed E-state index contributed by atoms with van der Waals surface area (Å²) < 4.78 is 8.75. The SMILES string of the molecule is CCc1cccc(-c2ccc(OCc3c(CC)cccc3-n3nnn(C)c3=O)c(C)c2)n1. The quantitative estimate of drug-likeness (QED) is 0.443. The van der Waals surface area contributed by atoms with Crippen LogP contribution in [-0.4, -0.2) is 24.8 Å². The summed E-state index contributed by atoms with van der Waals surface area (Å²) in [5.74, 6) is 0.795. The molecule has 2 aromatic carbocycles. The van der Waals surface area contributed by atoms with Gasteiger partial charge >= 0.3 is 5.69 Å². The van der Waals surface area contributed by atoms with Crippen LogP contribution in [-0.2, 0) is 26.5 Å². The van der Waals surface area contributed by atoms with Crippen molar-refractivity contribution in [3.05, 3.63) is 87.5 Å². The minimum absolute atomic E-state index is 0.290. The summed E-state index contributed by atoms with van der Waals surface area (Å²) in [7, 11) is 1.58. The molecule has 0 fully saturated rings. The van der Waals surface area contributed by atoms with E-state index < -0.39 is 0 Å². The van der Waals surface area contributed by atoms with Gasteiger partial charge in [0, 0.05) is 23.9 Å². The van der Waals surface area contributed by atoms with Crippen LogP contribution in [0.3, 0.4) is 0 Å². The third-order valence-corrected chi connectivity index (χ3v) is 5.59. The van der Waals surface area contributed by atoms with Gasteiger partial charge in [-0.25, -0.2) is 4.79 Å². The summed E-state index contributed by atoms with van der Waals surface area (Å²) in [6.45, 7) is 6.54. The first-order valence-corrected chi connectivity index (χ1v) is 10.8. The molecule has 7 nitrogen and oxygen atoms in total. The van der Waals surface area contributed by atoms with Gasteiger partial charge in [-0.3, -0.25) is 4.98 Å². The van der Waals surface area contributed by atoms with Crippen LogP contribution in [0.15, 0.2) is 59.4 Å². The highest BCUT2D eigenvalue weighted by Gasteiger charge is 2.15. The fraction of sp³-hybridized carbons (Fsp3) is 0.280. The van der Waals surface area contributed by atoms with Gasteiger partial charge in [-0.05, 0) is 77.7 Å². The molecular formula is C25H27N5O2. The zero-order valence-electron chi connectivity index (χ0n) is 18.9. The van der Waals surface area contributed by atoms with Crippen LogP contribution in [0.5, 0.6) is 5.75 Å². The summed E-state index contributed by atoms with van der Waals surface area (Å²) in [6, 6.07) is 18.1. The van der Waals surface area contributed by atoms with Crippen LogP contribution < -0.4 is 10.4 Å². The largest absolute Gasteiger partial charge is 0.489 e. The van der Waals surface area contributed by atoms with E-state index in [1.807, 2.05) is 55.5 Å². The summed E-state index contributed by atoms with van der Waals surface area (Å²) in [5, 5.41) is 7.85. The van der Waals surface area contributed by atoms with Crippen LogP contribution in [0.1, 0.15) is 36.2 Å². The number of hydrogen-bond acceptors (Lipinski definition) is 5. The second-order valence-corrected chi connectivity index (χ2v) is 7.70. The Morgan fingerprint density at radius 1 is 0.969 bits per heavy atom. The van der Waals surface area contributed by atoms with Crippen molar-refractivity contribution in [1.29, 1.82) is 0 Å². The van der Waals surface area contributed by atoms with E-state index in [4.69, 9.17) is 9.72 Å². The van der Waals surface area contributed by atoms with Crippen molar-refractivity contribution in [2.75, 3.05) is 0 Å². The second-order valence-electron chi connectivity index (χ2n) is 7.70. The molecular weight excluding hydrogens is 402 g/mol. The molecule has 0 saturated carbocycles. The number of nitrogens with zero attached hydrogens (tertiary/aromatic N) is 5. The molecule has 0 amide bonds. The zero-order valence-corrected chi connectivity index (χ0v) is 18.9. The molecule has 32 heavy (non-hydrogen) atoms. The number of ether oxygens (including phenoxy) is 1. The lowest BCUT2D eigenvalue weighted by Gasteiger charge is -2.16. The summed E-state index contributed by atoms with van der Waals surface area (Å²) >= 11 is 0. The Hall–Kier alpha value is -3.74. The number of hydrogen-bond donors (Lipinski definition) is 0. The van der Waals surface area contributed by atoms with Crippen molar-refractivity contribution >= 4 is 0 Å². The molecule has 0 radical (unpaired) electrons. The first-order chi connectivity index (χ1) is 15.5. The van der Waals surface area contributed by atoms with E-state index in [0.717, 1.165) is 52.2 Å². The van der Waals surface area contributed by atoms with E-state index in [0.29, 0.717) is 12.3 Å². The number of benzene rings is 2. The van der Waals surface area contributed by atoms with E-state index in [1.54, 1.807) is 7.05 Å². The maximum absolute atomic E-state index is 12.4. The third-order valence-electron chi connectivity index (χ3n) is 5.59. The van der Waals surface area contributed by atoms with Gasteiger partial charge in [0.15, 0.2) is 0 Å². The van der Waals surface area contributed by atoms with Crippen molar-refractivity contribution < 1.29 is 4.74 Å². The van der Waals surface area contributed by atoms with Crippen molar-refractivity contribution in [3.8, 4) is 22.7 Å². The lowest BCUT2D eigenvalue weighted by Crippen LogP contribution is -2.23. The van der Waals surface area contributed by atoms with Gasteiger partial charge in [-0.15, -0.1) is 0 Å². The Morgan fingerprint density at radius 2 is 1.78 bits per heavy atom. The molecule has 0 bridgehead atoms. The van der Waals surface area contributed by atoms with Gasteiger partial charge in [0.25, 0.3) is 0 Å². The highest BCUT2D eigenvalue weighted by molar-refractivity contribution is 5.62. The summed E-state index contributed by atoms with van der Waals surface area (Å²) in [5.41, 5.74) is 6.56. The lowest BCUT2D eigenvalue weighted by molar-refractivity contribution is 0.302. The van der Waals surface area contributed by atoms with Gasteiger partial charge in [0.2, 0.25) is 0 Å². The van der Waals surface area contributed by atoms with Crippen LogP contribution in [0.2, 0.25) is 0 Å². The normalized spacial score (nSPS) is 11.0. The molecule has 0 spiro atoms. The Kier molecular flexibility index (Phi) is 6.16. The van der Waals surface area contributed by atoms with Gasteiger partial charge in [-0.2, -0.15) is 9.36 Å². The standard InChI is InChI=1S/C25H27N5O2/c1-5-18-9-7-12-23(30-25(31)29(4)27-28-30)21(18)16-32-24-14-13-19(15-17(24)3)22-11-8-10-20(6-2)26-22/h7-15H,5-6,16H2,1-4H3. The first kappa shape index (κ1) is 21.5. The van der Waals surface area contributed by atoms with Crippen LogP contribution in [0, 0.1) is 6.92 Å². The van der Waals surface area contributed by atoms with Gasteiger partial charge in [0.1, 0.15) is 12.4 Å². The minimum atomic E-state index is -0.290. The fourth-order valence-electron chi connectivity index (χ4n) is 3.74. The molecule has 4 rings (SSSR count). The van der Waals surface area contributed by atoms with E-state index in [-0.39, 0.29) is 5.69 Å². The Labute approximate surface area is 187 Å². The highest BCUT2D eigenvalue weighted by Crippen LogP contribution is 2.27. The molecule has 7 heteroatoms. The minimum Gasteiger partial charge on any atom is -0.489 e. The fourth-order valence-corrected chi connectivity index (χ4v) is 3.74. The molecule has 0 atom stereocenters. The van der Waals surface area contributed by atoms with Gasteiger partial charge in [0.05, 0.1) is 11.4 Å². The number of pyridine rings is 1. The van der Waals surface area contributed by atoms with Crippen molar-refractivity contribution in [2.24, 2.45) is 7.05 Å². The van der Waals surface area contributed by atoms with Crippen molar-refractivity contribution in [1.82, 2.24) is 24.8 Å². The molecule has 0 N–H and O–H groups in total. The van der Waals surface area contributed by atoms with Crippen LogP contribution in [0.4, 0.5) is 0 Å². The molecule has 0 aliphatic heterocycles. The molecule has 4 aromatic rings. The predicted octanol–water partition coefficient (Wildman–Crippen LogP) is 4.04. The van der Waals surface area contributed by atoms with E-state index >= 15 is 0 Å². The molecule has 0 aliphatic rings. The van der Waals surface area contributed by atoms with Crippen LogP contribution in [0.25, 0.3) is 16.9 Å². The summed E-state index contributed by atoms with van der Waals surface area (Å²) in [4.78, 5) is 17.1. The smallest absolute Gasteiger partial charge is 0.368 e. The van der Waals surface area contributed by atoms with E-state index in [2.05, 4.69) is 30.3 Å². The van der Waals surface area contributed by atoms with Crippen molar-refractivity contribution in [3.63, 3.8) is 0 Å². The summed E-state index contributed by atoms with van der Waals surface area (Å²) in [6.07, 6.45) is 1.72. The number of aromatic nitrogens is 5. The average molecular weight is 430 g/mol. The maximum Gasteiger partial charge on any atom is 0.368 e. The first-order valence-electron chi connectivity index (χ1n) is 10.8. The van der Waals surface area contributed by atoms with Gasteiger partial charge < -0.3 is 4.74 Å². The number of aryl methyl sites for hydroxylation is 4. The number of tetrazole rings is 1. The zero-order chi connectivity index (χ0) is 22.7.